The molecule has 4 nitrogen and oxygen atoms in total. The molecule has 0 aliphatic heterocycles. The van der Waals surface area contributed by atoms with E-state index in [1.165, 1.54) is 57.2 Å². The number of carboxylic acid groups (broad SMARTS) is 1. The van der Waals surface area contributed by atoms with Gasteiger partial charge >= 0.3 is 0 Å². The zero-order valence-corrected chi connectivity index (χ0v) is 15.8. The smallest absolute Gasteiger partial charge is 0.256 e. The lowest BCUT2D eigenvalue weighted by Gasteiger charge is -2.06. The van der Waals surface area contributed by atoms with Gasteiger partial charge in [-0.1, -0.05) is 58.8 Å². The molecule has 0 aliphatic carbocycles. The Labute approximate surface area is 147 Å². The van der Waals surface area contributed by atoms with Gasteiger partial charge in [0.05, 0.1) is 13.1 Å². The second-order valence-corrected chi connectivity index (χ2v) is 6.80. The van der Waals surface area contributed by atoms with E-state index in [-0.39, 0.29) is 6.42 Å². The van der Waals surface area contributed by atoms with Crippen LogP contribution in [0, 0.1) is 0 Å². The van der Waals surface area contributed by atoms with Crippen LogP contribution in [0.5, 0.6) is 0 Å². The summed E-state index contributed by atoms with van der Waals surface area (Å²) in [4.78, 5) is 10.6. The van der Waals surface area contributed by atoms with Crippen LogP contribution in [0.1, 0.15) is 90.3 Å². The number of hydrogen-bond donors (Lipinski definition) is 0. The monoisotopic (exact) mass is 336 g/mol. The van der Waals surface area contributed by atoms with Crippen molar-refractivity contribution in [3.63, 3.8) is 0 Å². The first kappa shape index (κ1) is 20.7. The summed E-state index contributed by atoms with van der Waals surface area (Å²) >= 11 is 0. The van der Waals surface area contributed by atoms with Crippen LogP contribution >= 0.6 is 0 Å². The van der Waals surface area contributed by atoms with Crippen molar-refractivity contribution in [2.75, 3.05) is 0 Å². The Bertz CT molecular complexity index is 454. The predicted octanol–water partition coefficient (Wildman–Crippen LogP) is 3.40. The third-order valence-electron chi connectivity index (χ3n) is 4.59. The molecule has 1 rings (SSSR count). The number of aryl methyl sites for hydroxylation is 2. The number of carbonyl (C=O) groups is 1. The molecule has 0 saturated heterocycles. The fourth-order valence-corrected chi connectivity index (χ4v) is 3.24. The van der Waals surface area contributed by atoms with Crippen molar-refractivity contribution >= 4 is 5.97 Å². The zero-order chi connectivity index (χ0) is 17.6. The van der Waals surface area contributed by atoms with Crippen LogP contribution in [0.2, 0.25) is 0 Å². The van der Waals surface area contributed by atoms with Gasteiger partial charge in [0.2, 0.25) is 0 Å². The lowest BCUT2D eigenvalue weighted by Crippen LogP contribution is -2.37. The molecule has 1 aromatic heterocycles. The summed E-state index contributed by atoms with van der Waals surface area (Å²) in [6, 6.07) is 0. The maximum Gasteiger partial charge on any atom is 0.256 e. The Morgan fingerprint density at radius 1 is 1.00 bits per heavy atom. The molecule has 1 heterocycles. The molecule has 0 aliphatic rings. The fraction of sp³-hybridized carbons (Fsp3) is 0.800. The highest BCUT2D eigenvalue weighted by Crippen LogP contribution is 2.11. The van der Waals surface area contributed by atoms with E-state index in [1.807, 2.05) is 0 Å². The Hall–Kier alpha value is -1.32. The molecule has 138 valence electrons. The minimum absolute atomic E-state index is 0.142. The van der Waals surface area contributed by atoms with E-state index in [0.29, 0.717) is 6.42 Å². The minimum atomic E-state index is -0.951. The van der Waals surface area contributed by atoms with Crippen molar-refractivity contribution in [1.29, 1.82) is 0 Å². The Balaban J connectivity index is 2.37. The van der Waals surface area contributed by atoms with Gasteiger partial charge in [-0.3, -0.25) is 0 Å². The van der Waals surface area contributed by atoms with Crippen molar-refractivity contribution < 1.29 is 14.5 Å². The van der Waals surface area contributed by atoms with Gasteiger partial charge in [-0.05, 0) is 25.7 Å². The molecule has 0 bridgehead atoms. The second-order valence-electron chi connectivity index (χ2n) is 6.80. The first-order valence-electron chi connectivity index (χ1n) is 9.96. The molecule has 0 aromatic carbocycles. The van der Waals surface area contributed by atoms with Crippen LogP contribution in [-0.4, -0.2) is 10.5 Å². The van der Waals surface area contributed by atoms with Gasteiger partial charge in [0.15, 0.2) is 0 Å². The lowest BCUT2D eigenvalue weighted by molar-refractivity contribution is -0.703. The number of carboxylic acids is 1. The molecule has 4 heteroatoms. The van der Waals surface area contributed by atoms with E-state index in [1.54, 1.807) is 0 Å². The molecule has 0 saturated carbocycles. The van der Waals surface area contributed by atoms with E-state index < -0.39 is 5.97 Å². The number of hydrogen-bond acceptors (Lipinski definition) is 2. The molecule has 0 atom stereocenters. The largest absolute Gasteiger partial charge is 0.550 e. The van der Waals surface area contributed by atoms with Gasteiger partial charge in [-0.2, -0.15) is 0 Å². The summed E-state index contributed by atoms with van der Waals surface area (Å²) in [6.07, 6.45) is 17.9. The van der Waals surface area contributed by atoms with E-state index in [4.69, 9.17) is 0 Å². The number of nitrogens with zero attached hydrogens (tertiary/aromatic N) is 2. The van der Waals surface area contributed by atoms with Gasteiger partial charge in [0.25, 0.3) is 5.82 Å². The number of aromatic nitrogens is 2. The lowest BCUT2D eigenvalue weighted by atomic mass is 10.1. The average molecular weight is 337 g/mol. The van der Waals surface area contributed by atoms with Gasteiger partial charge in [0.1, 0.15) is 12.4 Å². The van der Waals surface area contributed by atoms with Gasteiger partial charge < -0.3 is 9.90 Å². The Morgan fingerprint density at radius 3 is 2.29 bits per heavy atom. The van der Waals surface area contributed by atoms with E-state index in [9.17, 15) is 9.90 Å². The number of imidazole rings is 1. The zero-order valence-electron chi connectivity index (χ0n) is 15.8. The van der Waals surface area contributed by atoms with Crippen LogP contribution < -0.4 is 9.67 Å². The van der Waals surface area contributed by atoms with E-state index in [2.05, 4.69) is 35.4 Å². The summed E-state index contributed by atoms with van der Waals surface area (Å²) in [7, 11) is 0. The topological polar surface area (TPSA) is 48.9 Å². The third-order valence-corrected chi connectivity index (χ3v) is 4.59. The fourth-order valence-electron chi connectivity index (χ4n) is 3.24. The van der Waals surface area contributed by atoms with Crippen LogP contribution in [0.15, 0.2) is 12.4 Å². The van der Waals surface area contributed by atoms with E-state index in [0.717, 1.165) is 25.9 Å². The summed E-state index contributed by atoms with van der Waals surface area (Å²) in [5, 5.41) is 10.6. The molecule has 0 unspecified atom stereocenters. The SMILES string of the molecule is CCCCCCCCCCc1n(CCCC(=O)[O-])cc[n+]1CCC. The molecule has 1 aromatic rings. The van der Waals surface area contributed by atoms with Crippen LogP contribution in [0.25, 0.3) is 0 Å². The van der Waals surface area contributed by atoms with E-state index >= 15 is 0 Å². The first-order valence-corrected chi connectivity index (χ1v) is 9.96. The van der Waals surface area contributed by atoms with Crippen LogP contribution in [0.3, 0.4) is 0 Å². The van der Waals surface area contributed by atoms with Crippen LogP contribution in [0.4, 0.5) is 0 Å². The van der Waals surface area contributed by atoms with Gasteiger partial charge in [-0.15, -0.1) is 0 Å². The molecular weight excluding hydrogens is 300 g/mol. The standard InChI is InChI=1S/C20H36N2O2/c1-3-5-6-7-8-9-10-11-13-19-21(15-4-2)17-18-22(19)16-12-14-20(23)24/h17-18H,3-16H2,1-2H3. The first-order chi connectivity index (χ1) is 11.7. The summed E-state index contributed by atoms with van der Waals surface area (Å²) in [5.41, 5.74) is 0. The van der Waals surface area contributed by atoms with Gasteiger partial charge in [-0.25, -0.2) is 9.13 Å². The normalized spacial score (nSPS) is 11.1. The Morgan fingerprint density at radius 2 is 1.67 bits per heavy atom. The summed E-state index contributed by atoms with van der Waals surface area (Å²) < 4.78 is 4.57. The molecule has 24 heavy (non-hydrogen) atoms. The highest BCUT2D eigenvalue weighted by atomic mass is 16.4. The molecular formula is C20H36N2O2. The van der Waals surface area contributed by atoms with Crippen LogP contribution in [-0.2, 0) is 24.3 Å². The van der Waals surface area contributed by atoms with Crippen molar-refractivity contribution in [2.24, 2.45) is 0 Å². The maximum absolute atomic E-state index is 10.6. The van der Waals surface area contributed by atoms with Crippen molar-refractivity contribution in [3.8, 4) is 0 Å². The molecule has 0 spiro atoms. The highest BCUT2D eigenvalue weighted by molar-refractivity contribution is 5.64. The summed E-state index contributed by atoms with van der Waals surface area (Å²) in [6.45, 7) is 6.27. The maximum atomic E-state index is 10.6. The highest BCUT2D eigenvalue weighted by Gasteiger charge is 2.15. The number of carbonyl (C=O) groups excluding carboxylic acids is 1. The molecule has 0 fully saturated rings. The Kier molecular flexibility index (Phi) is 11.2. The second kappa shape index (κ2) is 13.0. The molecule has 0 radical (unpaired) electrons. The van der Waals surface area contributed by atoms with Gasteiger partial charge in [0, 0.05) is 12.4 Å². The molecule has 0 amide bonds. The number of unbranched alkanes of at least 4 members (excludes halogenated alkanes) is 7. The number of rotatable bonds is 15. The quantitative estimate of drug-likeness (QED) is 0.364. The average Bonchev–Trinajstić information content (AvgIpc) is 2.92. The van der Waals surface area contributed by atoms with Crippen molar-refractivity contribution in [1.82, 2.24) is 4.57 Å². The molecule has 0 N–H and O–H groups in total. The third kappa shape index (κ3) is 8.51. The predicted molar refractivity (Wildman–Crippen MR) is 95.5 cm³/mol. The van der Waals surface area contributed by atoms with Crippen molar-refractivity contribution in [2.45, 2.75) is 104 Å². The minimum Gasteiger partial charge on any atom is -0.550 e. The summed E-state index contributed by atoms with van der Waals surface area (Å²) in [5.74, 6) is 0.398. The number of aliphatic carboxylic acids is 1. The van der Waals surface area contributed by atoms with Crippen molar-refractivity contribution in [3.05, 3.63) is 18.2 Å².